The molecule has 0 bridgehead atoms. The van der Waals surface area contributed by atoms with Crippen LogP contribution in [0.25, 0.3) is 0 Å². The SMILES string of the molecule is CC(C)CCOc1ccc(C(=O)Nc2ccc(CC(=O)N(C)C)cc2)cc1Br. The zero-order chi connectivity index (χ0) is 20.7. The lowest BCUT2D eigenvalue weighted by atomic mass is 10.1. The van der Waals surface area contributed by atoms with E-state index < -0.39 is 0 Å². The molecule has 6 heteroatoms. The largest absolute Gasteiger partial charge is 0.492 e. The Hall–Kier alpha value is -2.34. The number of likely N-dealkylation sites (N-methyl/N-ethyl adjacent to an activating group) is 1. The second-order valence-electron chi connectivity index (χ2n) is 7.29. The Labute approximate surface area is 175 Å². The number of carbonyl (C=O) groups excluding carboxylic acids is 2. The average molecular weight is 447 g/mol. The van der Waals surface area contributed by atoms with Gasteiger partial charge in [0.15, 0.2) is 0 Å². The van der Waals surface area contributed by atoms with Crippen LogP contribution >= 0.6 is 15.9 Å². The molecule has 0 radical (unpaired) electrons. The lowest BCUT2D eigenvalue weighted by Gasteiger charge is -2.12. The van der Waals surface area contributed by atoms with Crippen molar-refractivity contribution in [2.24, 2.45) is 5.92 Å². The number of hydrogen-bond donors (Lipinski definition) is 1. The lowest BCUT2D eigenvalue weighted by Crippen LogP contribution is -2.23. The predicted molar refractivity (Wildman–Crippen MR) is 116 cm³/mol. The number of amides is 2. The zero-order valence-corrected chi connectivity index (χ0v) is 18.4. The van der Waals surface area contributed by atoms with Crippen molar-refractivity contribution < 1.29 is 14.3 Å². The van der Waals surface area contributed by atoms with Gasteiger partial charge in [-0.3, -0.25) is 9.59 Å². The van der Waals surface area contributed by atoms with Crippen LogP contribution in [0, 0.1) is 5.92 Å². The number of carbonyl (C=O) groups is 2. The van der Waals surface area contributed by atoms with E-state index in [-0.39, 0.29) is 11.8 Å². The molecule has 150 valence electrons. The number of nitrogens with one attached hydrogen (secondary N) is 1. The Morgan fingerprint density at radius 2 is 1.79 bits per heavy atom. The third-order valence-electron chi connectivity index (χ3n) is 4.21. The summed E-state index contributed by atoms with van der Waals surface area (Å²) in [6, 6.07) is 12.6. The van der Waals surface area contributed by atoms with Gasteiger partial charge in [-0.2, -0.15) is 0 Å². The van der Waals surface area contributed by atoms with Crippen molar-refractivity contribution >= 4 is 33.4 Å². The fourth-order valence-corrected chi connectivity index (χ4v) is 2.90. The zero-order valence-electron chi connectivity index (χ0n) is 16.8. The molecule has 2 rings (SSSR count). The number of benzene rings is 2. The van der Waals surface area contributed by atoms with Gasteiger partial charge in [-0.1, -0.05) is 26.0 Å². The lowest BCUT2D eigenvalue weighted by molar-refractivity contribution is -0.127. The van der Waals surface area contributed by atoms with Crippen molar-refractivity contribution in [2.75, 3.05) is 26.0 Å². The molecule has 0 aliphatic carbocycles. The molecule has 2 aromatic rings. The summed E-state index contributed by atoms with van der Waals surface area (Å²) in [6.07, 6.45) is 1.32. The first-order valence-corrected chi connectivity index (χ1v) is 10.1. The minimum absolute atomic E-state index is 0.0392. The fraction of sp³-hybridized carbons (Fsp3) is 0.364. The van der Waals surface area contributed by atoms with Gasteiger partial charge in [-0.15, -0.1) is 0 Å². The molecule has 0 aliphatic heterocycles. The number of hydrogen-bond acceptors (Lipinski definition) is 3. The molecule has 0 saturated carbocycles. The maximum absolute atomic E-state index is 12.5. The van der Waals surface area contributed by atoms with Gasteiger partial charge in [-0.25, -0.2) is 0 Å². The smallest absolute Gasteiger partial charge is 0.255 e. The summed E-state index contributed by atoms with van der Waals surface area (Å²) in [4.78, 5) is 25.8. The van der Waals surface area contributed by atoms with E-state index in [9.17, 15) is 9.59 Å². The molecule has 0 aliphatic rings. The summed E-state index contributed by atoms with van der Waals surface area (Å²) in [6.45, 7) is 4.95. The van der Waals surface area contributed by atoms with E-state index in [1.54, 1.807) is 49.3 Å². The van der Waals surface area contributed by atoms with Crippen molar-refractivity contribution in [3.63, 3.8) is 0 Å². The van der Waals surface area contributed by atoms with E-state index in [0.29, 0.717) is 30.2 Å². The summed E-state index contributed by atoms with van der Waals surface area (Å²) >= 11 is 3.47. The van der Waals surface area contributed by atoms with Gasteiger partial charge in [0.25, 0.3) is 5.91 Å². The Kier molecular flexibility index (Phi) is 8.05. The first-order chi connectivity index (χ1) is 13.3. The molecule has 28 heavy (non-hydrogen) atoms. The van der Waals surface area contributed by atoms with Crippen molar-refractivity contribution in [3.05, 3.63) is 58.1 Å². The van der Waals surface area contributed by atoms with Gasteiger partial charge < -0.3 is 15.0 Å². The standard InChI is InChI=1S/C22H27BrN2O3/c1-15(2)11-12-28-20-10-7-17(14-19(20)23)22(27)24-18-8-5-16(6-9-18)13-21(26)25(3)4/h5-10,14-15H,11-13H2,1-4H3,(H,24,27). The second-order valence-corrected chi connectivity index (χ2v) is 8.15. The van der Waals surface area contributed by atoms with Crippen molar-refractivity contribution in [1.29, 1.82) is 0 Å². The van der Waals surface area contributed by atoms with E-state index >= 15 is 0 Å². The monoisotopic (exact) mass is 446 g/mol. The molecular weight excluding hydrogens is 420 g/mol. The van der Waals surface area contributed by atoms with Gasteiger partial charge in [0.05, 0.1) is 17.5 Å². The molecule has 1 N–H and O–H groups in total. The van der Waals surface area contributed by atoms with Gasteiger partial charge in [-0.05, 0) is 64.2 Å². The van der Waals surface area contributed by atoms with E-state index in [0.717, 1.165) is 22.2 Å². The van der Waals surface area contributed by atoms with Gasteiger partial charge >= 0.3 is 0 Å². The highest BCUT2D eigenvalue weighted by molar-refractivity contribution is 9.10. The maximum atomic E-state index is 12.5. The number of rotatable bonds is 8. The normalized spacial score (nSPS) is 10.6. The Morgan fingerprint density at radius 1 is 1.11 bits per heavy atom. The highest BCUT2D eigenvalue weighted by Crippen LogP contribution is 2.27. The molecule has 0 saturated heterocycles. The maximum Gasteiger partial charge on any atom is 0.255 e. The van der Waals surface area contributed by atoms with Crippen LogP contribution < -0.4 is 10.1 Å². The third kappa shape index (κ3) is 6.68. The summed E-state index contributed by atoms with van der Waals surface area (Å²) in [5.74, 6) is 1.15. The fourth-order valence-electron chi connectivity index (χ4n) is 2.41. The number of ether oxygens (including phenoxy) is 1. The number of anilines is 1. The van der Waals surface area contributed by atoms with Crippen molar-refractivity contribution in [2.45, 2.75) is 26.7 Å². The number of halogens is 1. The van der Waals surface area contributed by atoms with Crippen molar-refractivity contribution in [3.8, 4) is 5.75 Å². The van der Waals surface area contributed by atoms with Gasteiger partial charge in [0, 0.05) is 25.3 Å². The highest BCUT2D eigenvalue weighted by atomic mass is 79.9. The highest BCUT2D eigenvalue weighted by Gasteiger charge is 2.11. The minimum Gasteiger partial charge on any atom is -0.492 e. The molecule has 0 unspecified atom stereocenters. The Morgan fingerprint density at radius 3 is 2.36 bits per heavy atom. The molecular formula is C22H27BrN2O3. The van der Waals surface area contributed by atoms with E-state index in [2.05, 4.69) is 35.1 Å². The van der Waals surface area contributed by atoms with Crippen LogP contribution in [-0.4, -0.2) is 37.4 Å². The molecule has 0 spiro atoms. The molecule has 0 heterocycles. The predicted octanol–water partition coefficient (Wildman–Crippen LogP) is 4.76. The molecule has 0 fully saturated rings. The summed E-state index contributed by atoms with van der Waals surface area (Å²) < 4.78 is 6.50. The average Bonchev–Trinajstić information content (AvgIpc) is 2.64. The summed E-state index contributed by atoms with van der Waals surface area (Å²) in [7, 11) is 3.46. The summed E-state index contributed by atoms with van der Waals surface area (Å²) in [5.41, 5.74) is 2.12. The topological polar surface area (TPSA) is 58.6 Å². The van der Waals surface area contributed by atoms with Crippen LogP contribution in [-0.2, 0) is 11.2 Å². The number of nitrogens with zero attached hydrogens (tertiary/aromatic N) is 1. The first-order valence-electron chi connectivity index (χ1n) is 9.29. The molecule has 2 aromatic carbocycles. The molecule has 0 atom stereocenters. The van der Waals surface area contributed by atoms with Crippen LogP contribution in [0.1, 0.15) is 36.2 Å². The Balaban J connectivity index is 1.97. The van der Waals surface area contributed by atoms with Crippen molar-refractivity contribution in [1.82, 2.24) is 4.90 Å². The van der Waals surface area contributed by atoms with Gasteiger partial charge in [0.1, 0.15) is 5.75 Å². The van der Waals surface area contributed by atoms with Crippen LogP contribution in [0.4, 0.5) is 5.69 Å². The van der Waals surface area contributed by atoms with Crippen LogP contribution in [0.3, 0.4) is 0 Å². The minimum atomic E-state index is -0.202. The van der Waals surface area contributed by atoms with Crippen LogP contribution in [0.2, 0.25) is 0 Å². The molecule has 2 amide bonds. The van der Waals surface area contributed by atoms with E-state index in [1.165, 1.54) is 0 Å². The third-order valence-corrected chi connectivity index (χ3v) is 4.83. The summed E-state index contributed by atoms with van der Waals surface area (Å²) in [5, 5.41) is 2.87. The van der Waals surface area contributed by atoms with Gasteiger partial charge in [0.2, 0.25) is 5.91 Å². The Bertz CT molecular complexity index is 817. The van der Waals surface area contributed by atoms with E-state index in [1.807, 2.05) is 12.1 Å². The first kappa shape index (κ1) is 22.0. The van der Waals surface area contributed by atoms with Crippen LogP contribution in [0.15, 0.2) is 46.9 Å². The van der Waals surface area contributed by atoms with E-state index in [4.69, 9.17) is 4.74 Å². The quantitative estimate of drug-likeness (QED) is 0.635. The second kappa shape index (κ2) is 10.3. The molecule has 0 aromatic heterocycles. The molecule has 5 nitrogen and oxygen atoms in total. The van der Waals surface area contributed by atoms with Crippen LogP contribution in [0.5, 0.6) is 5.75 Å².